The first kappa shape index (κ1) is 33.2. The minimum Gasteiger partial charge on any atom is -0.508 e. The van der Waals surface area contributed by atoms with Crippen LogP contribution in [-0.4, -0.2) is 83.7 Å². The van der Waals surface area contributed by atoms with Crippen LogP contribution in [-0.2, 0) is 22.9 Å². The van der Waals surface area contributed by atoms with Crippen molar-refractivity contribution < 1.29 is 13.5 Å². The number of hydrogen-bond donors (Lipinski definition) is 7. The van der Waals surface area contributed by atoms with Gasteiger partial charge in [0, 0.05) is 63.9 Å². The van der Waals surface area contributed by atoms with Crippen molar-refractivity contribution in [3.8, 4) is 5.75 Å². The van der Waals surface area contributed by atoms with E-state index in [2.05, 4.69) is 52.0 Å². The number of sulfonamides is 1. The van der Waals surface area contributed by atoms with Crippen molar-refractivity contribution in [2.75, 3.05) is 52.1 Å². The lowest BCUT2D eigenvalue weighted by Crippen LogP contribution is -2.49. The summed E-state index contributed by atoms with van der Waals surface area (Å²) in [5, 5.41) is 23.5. The molecule has 0 saturated carbocycles. The molecule has 0 spiro atoms. The van der Waals surface area contributed by atoms with E-state index in [4.69, 9.17) is 5.73 Å². The SMILES string of the molecule is CC(C)C[C@H](CN[C@@H](CNCCNCCN[C@@H](CN)Cc1ccc(O)cc1)Cc1ccccc1)NS(C)(=O)=O. The summed E-state index contributed by atoms with van der Waals surface area (Å²) >= 11 is 0. The van der Waals surface area contributed by atoms with Gasteiger partial charge in [0.2, 0.25) is 10.0 Å². The second kappa shape index (κ2) is 18.3. The number of aromatic hydroxyl groups is 1. The maximum Gasteiger partial charge on any atom is 0.208 e. The zero-order valence-electron chi connectivity index (χ0n) is 23.8. The Morgan fingerprint density at radius 1 is 0.769 bits per heavy atom. The van der Waals surface area contributed by atoms with Crippen LogP contribution in [0.15, 0.2) is 54.6 Å². The molecule has 0 bridgehead atoms. The van der Waals surface area contributed by atoms with Crippen molar-refractivity contribution in [3.05, 3.63) is 65.7 Å². The molecule has 0 saturated heterocycles. The van der Waals surface area contributed by atoms with Gasteiger partial charge in [-0.3, -0.25) is 0 Å². The molecule has 2 aromatic carbocycles. The molecule has 0 aliphatic heterocycles. The van der Waals surface area contributed by atoms with Crippen LogP contribution in [0.4, 0.5) is 0 Å². The summed E-state index contributed by atoms with van der Waals surface area (Å²) in [6.45, 7) is 9.47. The zero-order valence-corrected chi connectivity index (χ0v) is 24.6. The van der Waals surface area contributed by atoms with Gasteiger partial charge < -0.3 is 32.1 Å². The van der Waals surface area contributed by atoms with E-state index in [1.807, 2.05) is 30.3 Å². The van der Waals surface area contributed by atoms with Gasteiger partial charge in [0.05, 0.1) is 6.26 Å². The second-order valence-electron chi connectivity index (χ2n) is 10.7. The van der Waals surface area contributed by atoms with Crippen LogP contribution in [0.25, 0.3) is 0 Å². The number of phenols is 1. The number of phenolic OH excluding ortho intramolecular Hbond substituents is 1. The van der Waals surface area contributed by atoms with Crippen molar-refractivity contribution in [1.82, 2.24) is 26.0 Å². The summed E-state index contributed by atoms with van der Waals surface area (Å²) in [5.74, 6) is 0.667. The first-order valence-electron chi connectivity index (χ1n) is 14.0. The van der Waals surface area contributed by atoms with E-state index in [-0.39, 0.29) is 23.9 Å². The number of rotatable bonds is 21. The molecule has 0 unspecified atom stereocenters. The van der Waals surface area contributed by atoms with Gasteiger partial charge in [0.25, 0.3) is 0 Å². The summed E-state index contributed by atoms with van der Waals surface area (Å²) < 4.78 is 26.5. The summed E-state index contributed by atoms with van der Waals surface area (Å²) in [6, 6.07) is 17.8. The molecular weight excluding hydrogens is 512 g/mol. The largest absolute Gasteiger partial charge is 0.508 e. The van der Waals surface area contributed by atoms with Gasteiger partial charge in [-0.15, -0.1) is 0 Å². The van der Waals surface area contributed by atoms with Crippen LogP contribution in [0.2, 0.25) is 0 Å². The number of hydrogen-bond acceptors (Lipinski definition) is 8. The smallest absolute Gasteiger partial charge is 0.208 e. The molecule has 3 atom stereocenters. The minimum absolute atomic E-state index is 0.140. The summed E-state index contributed by atoms with van der Waals surface area (Å²) in [4.78, 5) is 0. The first-order valence-corrected chi connectivity index (χ1v) is 15.9. The molecule has 0 aliphatic rings. The standard InChI is InChI=1S/C29H50N6O3S/c1-23(2)17-28(35-39(3,37)38)22-34-27(19-24-7-5-4-6-8-24)21-32-14-13-31-15-16-33-26(20-30)18-25-9-11-29(36)12-10-25/h4-12,23,26-28,31-36H,13-22,30H2,1-3H3/t26-,27-,28-/m1/s1. The molecule has 9 nitrogen and oxygen atoms in total. The fourth-order valence-electron chi connectivity index (χ4n) is 4.57. The maximum absolute atomic E-state index is 11.8. The number of nitrogens with two attached hydrogens (primary N) is 1. The highest BCUT2D eigenvalue weighted by Crippen LogP contribution is 2.11. The van der Waals surface area contributed by atoms with Crippen molar-refractivity contribution in [1.29, 1.82) is 0 Å². The van der Waals surface area contributed by atoms with E-state index in [0.29, 0.717) is 19.0 Å². The average molecular weight is 563 g/mol. The van der Waals surface area contributed by atoms with E-state index in [9.17, 15) is 13.5 Å². The molecule has 2 aromatic rings. The van der Waals surface area contributed by atoms with Gasteiger partial charge in [-0.2, -0.15) is 0 Å². The summed E-state index contributed by atoms with van der Waals surface area (Å²) in [6.07, 6.45) is 3.69. The Morgan fingerprint density at radius 2 is 1.38 bits per heavy atom. The van der Waals surface area contributed by atoms with E-state index >= 15 is 0 Å². The predicted molar refractivity (Wildman–Crippen MR) is 162 cm³/mol. The Kier molecular flexibility index (Phi) is 15.6. The highest BCUT2D eigenvalue weighted by molar-refractivity contribution is 7.88. The second-order valence-corrected chi connectivity index (χ2v) is 12.5. The molecule has 8 N–H and O–H groups in total. The molecule has 2 rings (SSSR count). The summed E-state index contributed by atoms with van der Waals surface area (Å²) in [7, 11) is -3.27. The molecule has 10 heteroatoms. The highest BCUT2D eigenvalue weighted by atomic mass is 32.2. The number of benzene rings is 2. The minimum atomic E-state index is -3.27. The molecular formula is C29H50N6O3S. The third-order valence-electron chi connectivity index (χ3n) is 6.42. The van der Waals surface area contributed by atoms with E-state index in [0.717, 1.165) is 57.5 Å². The van der Waals surface area contributed by atoms with Crippen LogP contribution in [0, 0.1) is 5.92 Å². The fraction of sp³-hybridized carbons (Fsp3) is 0.586. The molecule has 0 aromatic heterocycles. The Balaban J connectivity index is 1.72. The Bertz CT molecular complexity index is 1010. The van der Waals surface area contributed by atoms with Gasteiger partial charge in [-0.25, -0.2) is 13.1 Å². The van der Waals surface area contributed by atoms with Gasteiger partial charge >= 0.3 is 0 Å². The van der Waals surface area contributed by atoms with Crippen molar-refractivity contribution >= 4 is 10.0 Å². The lowest BCUT2D eigenvalue weighted by atomic mass is 10.0. The van der Waals surface area contributed by atoms with Crippen LogP contribution in [0.5, 0.6) is 5.75 Å². The van der Waals surface area contributed by atoms with Crippen molar-refractivity contribution in [2.45, 2.75) is 51.2 Å². The average Bonchev–Trinajstić information content (AvgIpc) is 2.88. The van der Waals surface area contributed by atoms with Gasteiger partial charge in [-0.1, -0.05) is 56.3 Å². The van der Waals surface area contributed by atoms with Crippen LogP contribution >= 0.6 is 0 Å². The highest BCUT2D eigenvalue weighted by Gasteiger charge is 2.18. The van der Waals surface area contributed by atoms with E-state index in [1.165, 1.54) is 11.8 Å². The number of nitrogens with one attached hydrogen (secondary N) is 5. The van der Waals surface area contributed by atoms with Crippen molar-refractivity contribution in [2.24, 2.45) is 11.7 Å². The van der Waals surface area contributed by atoms with Crippen LogP contribution in [0.3, 0.4) is 0 Å². The van der Waals surface area contributed by atoms with Crippen molar-refractivity contribution in [3.63, 3.8) is 0 Å². The quantitative estimate of drug-likeness (QED) is 0.113. The Morgan fingerprint density at radius 3 is 2.03 bits per heavy atom. The fourth-order valence-corrected chi connectivity index (χ4v) is 5.35. The normalized spacial score (nSPS) is 14.4. The molecule has 0 radical (unpaired) electrons. The molecule has 0 amide bonds. The predicted octanol–water partition coefficient (Wildman–Crippen LogP) is 1.20. The molecule has 0 heterocycles. The third kappa shape index (κ3) is 16.0. The monoisotopic (exact) mass is 562 g/mol. The topological polar surface area (TPSA) is 141 Å². The molecule has 220 valence electrons. The summed E-state index contributed by atoms with van der Waals surface area (Å²) in [5.41, 5.74) is 8.33. The van der Waals surface area contributed by atoms with Crippen LogP contribution in [0.1, 0.15) is 31.4 Å². The van der Waals surface area contributed by atoms with Crippen LogP contribution < -0.4 is 31.7 Å². The lowest BCUT2D eigenvalue weighted by molar-refractivity contribution is 0.397. The molecule has 0 aliphatic carbocycles. The first-order chi connectivity index (χ1) is 18.6. The Labute approximate surface area is 235 Å². The van der Waals surface area contributed by atoms with E-state index in [1.54, 1.807) is 12.1 Å². The third-order valence-corrected chi connectivity index (χ3v) is 7.18. The van der Waals surface area contributed by atoms with E-state index < -0.39 is 10.0 Å². The zero-order chi connectivity index (χ0) is 28.5. The Hall–Kier alpha value is -2.05. The molecule has 0 fully saturated rings. The van der Waals surface area contributed by atoms with Gasteiger partial charge in [-0.05, 0) is 48.4 Å². The van der Waals surface area contributed by atoms with Gasteiger partial charge in [0.1, 0.15) is 5.75 Å². The lowest BCUT2D eigenvalue weighted by Gasteiger charge is -2.25. The molecule has 39 heavy (non-hydrogen) atoms. The van der Waals surface area contributed by atoms with Gasteiger partial charge in [0.15, 0.2) is 0 Å². The maximum atomic E-state index is 11.8.